The molecule has 0 spiro atoms. The van der Waals surface area contributed by atoms with Crippen molar-refractivity contribution < 1.29 is 23.8 Å². The third-order valence-corrected chi connectivity index (χ3v) is 6.53. The second-order valence-electron chi connectivity index (χ2n) is 9.01. The summed E-state index contributed by atoms with van der Waals surface area (Å²) in [5, 5.41) is 3.85. The smallest absolute Gasteiger partial charge is 0.221 e. The molecular weight excluding hydrogens is 482 g/mol. The number of ketones is 1. The van der Waals surface area contributed by atoms with Gasteiger partial charge in [-0.3, -0.25) is 9.59 Å². The van der Waals surface area contributed by atoms with E-state index < -0.39 is 12.1 Å². The number of ether oxygens (including phenoxy) is 3. The van der Waals surface area contributed by atoms with Crippen LogP contribution in [0.2, 0.25) is 0 Å². The number of hydrogen-bond donors (Lipinski definition) is 3. The number of amides is 1. The molecule has 4 rings (SSSR count). The molecular formula is C30H33N3O5. The Balaban J connectivity index is 1.46. The number of benzene rings is 3. The highest BCUT2D eigenvalue weighted by molar-refractivity contribution is 5.87. The Kier molecular flexibility index (Phi) is 9.00. The molecule has 3 aromatic carbocycles. The molecule has 4 N–H and O–H groups in total. The molecule has 0 fully saturated rings. The number of methoxy groups -OCH3 is 2. The number of aromatic amines is 1. The van der Waals surface area contributed by atoms with Crippen molar-refractivity contribution in [2.75, 3.05) is 20.8 Å². The summed E-state index contributed by atoms with van der Waals surface area (Å²) in [7, 11) is 3.17. The number of aryl methyl sites for hydroxylation is 1. The van der Waals surface area contributed by atoms with E-state index in [9.17, 15) is 9.59 Å². The fraction of sp³-hybridized carbons (Fsp3) is 0.267. The number of H-pyrrole nitrogens is 1. The summed E-state index contributed by atoms with van der Waals surface area (Å²) < 4.78 is 16.4. The minimum atomic E-state index is -0.893. The van der Waals surface area contributed by atoms with Crippen LogP contribution in [0, 0.1) is 5.92 Å². The van der Waals surface area contributed by atoms with E-state index in [1.54, 1.807) is 38.5 Å². The number of Topliss-reactive ketones (excluding diaryl/α,β-unsaturated/α-hetero) is 1. The lowest BCUT2D eigenvalue weighted by atomic mass is 9.92. The van der Waals surface area contributed by atoms with Crippen LogP contribution in [0.1, 0.15) is 17.5 Å². The number of aromatic nitrogens is 1. The number of para-hydroxylation sites is 2. The molecule has 1 unspecified atom stereocenters. The van der Waals surface area contributed by atoms with Gasteiger partial charge >= 0.3 is 0 Å². The van der Waals surface area contributed by atoms with Gasteiger partial charge in [0, 0.05) is 29.6 Å². The summed E-state index contributed by atoms with van der Waals surface area (Å²) in [5.41, 5.74) is 9.30. The minimum Gasteiger partial charge on any atom is -0.497 e. The van der Waals surface area contributed by atoms with Gasteiger partial charge in [0.2, 0.25) is 5.91 Å². The zero-order valence-electron chi connectivity index (χ0n) is 21.6. The van der Waals surface area contributed by atoms with Gasteiger partial charge in [-0.2, -0.15) is 0 Å². The van der Waals surface area contributed by atoms with Gasteiger partial charge < -0.3 is 30.2 Å². The van der Waals surface area contributed by atoms with Crippen molar-refractivity contribution in [3.8, 4) is 17.2 Å². The predicted molar refractivity (Wildman–Crippen MR) is 146 cm³/mol. The summed E-state index contributed by atoms with van der Waals surface area (Å²) >= 11 is 0. The number of hydrogen-bond acceptors (Lipinski definition) is 6. The zero-order chi connectivity index (χ0) is 26.9. The first-order valence-corrected chi connectivity index (χ1v) is 12.5. The van der Waals surface area contributed by atoms with Crippen LogP contribution >= 0.6 is 0 Å². The maximum Gasteiger partial charge on any atom is 0.221 e. The van der Waals surface area contributed by atoms with Crippen molar-refractivity contribution in [2.45, 2.75) is 25.4 Å². The second kappa shape index (κ2) is 12.8. The summed E-state index contributed by atoms with van der Waals surface area (Å²) in [6.45, 7) is -0.190. The van der Waals surface area contributed by atoms with Gasteiger partial charge in [-0.1, -0.05) is 42.5 Å². The Morgan fingerprint density at radius 3 is 2.50 bits per heavy atom. The first kappa shape index (κ1) is 26.8. The summed E-state index contributed by atoms with van der Waals surface area (Å²) in [4.78, 5) is 29.5. The molecule has 0 saturated carbocycles. The van der Waals surface area contributed by atoms with Gasteiger partial charge in [0.1, 0.15) is 23.9 Å². The highest BCUT2D eigenvalue weighted by Gasteiger charge is 2.28. The number of carbonyl (C=O) groups excluding carboxylic acids is 2. The molecule has 4 aromatic rings. The van der Waals surface area contributed by atoms with Crippen LogP contribution in [0.25, 0.3) is 10.9 Å². The van der Waals surface area contributed by atoms with Crippen LogP contribution in [0.4, 0.5) is 0 Å². The first-order valence-electron chi connectivity index (χ1n) is 12.5. The number of carbonyl (C=O) groups is 2. The van der Waals surface area contributed by atoms with Gasteiger partial charge in [-0.15, -0.1) is 0 Å². The maximum absolute atomic E-state index is 13.4. The van der Waals surface area contributed by atoms with E-state index in [4.69, 9.17) is 19.9 Å². The number of nitrogens with two attached hydrogens (primary N) is 1. The van der Waals surface area contributed by atoms with Crippen LogP contribution in [-0.4, -0.2) is 43.7 Å². The van der Waals surface area contributed by atoms with Gasteiger partial charge in [0.05, 0.1) is 26.3 Å². The Morgan fingerprint density at radius 1 is 0.921 bits per heavy atom. The van der Waals surface area contributed by atoms with Gasteiger partial charge in [-0.25, -0.2) is 0 Å². The van der Waals surface area contributed by atoms with Crippen molar-refractivity contribution in [3.63, 3.8) is 0 Å². The average molecular weight is 516 g/mol. The zero-order valence-corrected chi connectivity index (χ0v) is 21.6. The summed E-state index contributed by atoms with van der Waals surface area (Å²) in [5.74, 6) is 0.716. The maximum atomic E-state index is 13.4. The molecule has 0 bridgehead atoms. The third kappa shape index (κ3) is 6.72. The third-order valence-electron chi connectivity index (χ3n) is 6.53. The quantitative estimate of drug-likeness (QED) is 0.232. The Hall–Kier alpha value is -4.30. The molecule has 38 heavy (non-hydrogen) atoms. The average Bonchev–Trinajstić information content (AvgIpc) is 3.36. The number of nitrogens with one attached hydrogen (secondary N) is 2. The Bertz CT molecular complexity index is 1380. The van der Waals surface area contributed by atoms with E-state index in [-0.39, 0.29) is 24.7 Å². The predicted octanol–water partition coefficient (Wildman–Crippen LogP) is 4.03. The molecule has 198 valence electrons. The highest BCUT2D eigenvalue weighted by atomic mass is 16.5. The molecule has 0 radical (unpaired) electrons. The van der Waals surface area contributed by atoms with Crippen LogP contribution in [0.5, 0.6) is 17.2 Å². The Morgan fingerprint density at radius 2 is 1.68 bits per heavy atom. The van der Waals surface area contributed by atoms with E-state index in [2.05, 4.69) is 10.3 Å². The normalized spacial score (nSPS) is 12.5. The molecule has 0 aliphatic rings. The lowest BCUT2D eigenvalue weighted by Gasteiger charge is -2.24. The van der Waals surface area contributed by atoms with E-state index in [1.165, 1.54) is 0 Å². The number of rotatable bonds is 13. The van der Waals surface area contributed by atoms with E-state index in [0.717, 1.165) is 27.8 Å². The van der Waals surface area contributed by atoms with Crippen molar-refractivity contribution in [2.24, 2.45) is 11.7 Å². The summed E-state index contributed by atoms with van der Waals surface area (Å²) in [6.07, 6.45) is 2.03. The van der Waals surface area contributed by atoms with E-state index in [1.807, 2.05) is 54.7 Å². The SMILES string of the molecule is COc1cccc(OCC(=O)C(Cc2c[nH]c3ccccc23)[C@H](N)NC(=O)CCc2ccccc2OC)c1. The molecule has 1 aromatic heterocycles. The van der Waals surface area contributed by atoms with Gasteiger partial charge in [0.25, 0.3) is 0 Å². The topological polar surface area (TPSA) is 116 Å². The van der Waals surface area contributed by atoms with Crippen LogP contribution in [0.3, 0.4) is 0 Å². The molecule has 2 atom stereocenters. The Labute approximate surface area is 222 Å². The van der Waals surface area contributed by atoms with Crippen LogP contribution in [0.15, 0.2) is 79.0 Å². The molecule has 1 heterocycles. The standard InChI is InChI=1S/C30H33N3O5/c1-36-22-9-7-10-23(17-22)38-19-27(34)25(16-21-18-32-26-12-5-4-11-24(21)26)30(31)33-29(35)15-14-20-8-3-6-13-28(20)37-2/h3-13,17-18,25,30,32H,14-16,19,31H2,1-2H3,(H,33,35)/t25?,30-/m1/s1. The first-order chi connectivity index (χ1) is 18.5. The highest BCUT2D eigenvalue weighted by Crippen LogP contribution is 2.24. The molecule has 8 nitrogen and oxygen atoms in total. The molecule has 8 heteroatoms. The van der Waals surface area contributed by atoms with Gasteiger partial charge in [0.15, 0.2) is 5.78 Å². The molecule has 0 aliphatic heterocycles. The largest absolute Gasteiger partial charge is 0.497 e. The molecule has 0 saturated heterocycles. The summed E-state index contributed by atoms with van der Waals surface area (Å²) in [6, 6.07) is 22.5. The lowest BCUT2D eigenvalue weighted by Crippen LogP contribution is -2.51. The van der Waals surface area contributed by atoms with Crippen molar-refractivity contribution in [1.82, 2.24) is 10.3 Å². The van der Waals surface area contributed by atoms with Crippen molar-refractivity contribution >= 4 is 22.6 Å². The van der Waals surface area contributed by atoms with Crippen LogP contribution < -0.4 is 25.3 Å². The van der Waals surface area contributed by atoms with Gasteiger partial charge in [-0.05, 0) is 48.2 Å². The molecule has 1 amide bonds. The van der Waals surface area contributed by atoms with Crippen LogP contribution in [-0.2, 0) is 22.4 Å². The van der Waals surface area contributed by atoms with Crippen molar-refractivity contribution in [1.29, 1.82) is 0 Å². The van der Waals surface area contributed by atoms with E-state index >= 15 is 0 Å². The fourth-order valence-corrected chi connectivity index (χ4v) is 4.45. The second-order valence-corrected chi connectivity index (χ2v) is 9.01. The molecule has 0 aliphatic carbocycles. The van der Waals surface area contributed by atoms with Crippen molar-refractivity contribution in [3.05, 3.63) is 90.1 Å². The minimum absolute atomic E-state index is 0.190. The fourth-order valence-electron chi connectivity index (χ4n) is 4.45. The lowest BCUT2D eigenvalue weighted by molar-refractivity contribution is -0.127. The number of fused-ring (bicyclic) bond motifs is 1. The van der Waals surface area contributed by atoms with E-state index in [0.29, 0.717) is 24.3 Å². The monoisotopic (exact) mass is 515 g/mol.